The van der Waals surface area contributed by atoms with E-state index in [1.807, 2.05) is 6.92 Å². The molecular weight excluding hydrogens is 1010 g/mol. The number of hydrogen-bond acceptors (Lipinski definition) is 13. The van der Waals surface area contributed by atoms with Crippen LogP contribution >= 0.6 is 0 Å². The van der Waals surface area contributed by atoms with Gasteiger partial charge < -0.3 is 59.2 Å². The van der Waals surface area contributed by atoms with Gasteiger partial charge in [0.25, 0.3) is 0 Å². The van der Waals surface area contributed by atoms with E-state index in [1.54, 1.807) is 0 Å². The number of ether oxygens (including phenoxy) is 8. The zero-order valence-electron chi connectivity index (χ0n) is 50.9. The molecule has 0 fully saturated rings. The van der Waals surface area contributed by atoms with E-state index in [0.717, 1.165) is 38.5 Å². The Morgan fingerprint density at radius 3 is 1.01 bits per heavy atom. The van der Waals surface area contributed by atoms with Crippen LogP contribution in [0.25, 0.3) is 0 Å². The van der Waals surface area contributed by atoms with Gasteiger partial charge in [0.1, 0.15) is 5.78 Å². The van der Waals surface area contributed by atoms with Crippen LogP contribution in [0.5, 0.6) is 0 Å². The van der Waals surface area contributed by atoms with Crippen LogP contribution in [0.2, 0.25) is 0 Å². The number of ketones is 1. The normalized spacial score (nSPS) is 11.7. The molecule has 0 aliphatic carbocycles. The molecular formula is C62H120N4O13. The van der Waals surface area contributed by atoms with Crippen LogP contribution in [0.1, 0.15) is 233 Å². The first kappa shape index (κ1) is 76.2. The molecule has 0 radical (unpaired) electrons. The molecule has 0 rings (SSSR count). The van der Waals surface area contributed by atoms with Crippen molar-refractivity contribution in [3.8, 4) is 0 Å². The molecule has 17 heteroatoms. The largest absolute Gasteiger partial charge is 0.379 e. The summed E-state index contributed by atoms with van der Waals surface area (Å²) in [7, 11) is 0. The molecule has 466 valence electrons. The van der Waals surface area contributed by atoms with Crippen LogP contribution in [-0.4, -0.2) is 161 Å². The van der Waals surface area contributed by atoms with Gasteiger partial charge in [0.2, 0.25) is 23.6 Å². The summed E-state index contributed by atoms with van der Waals surface area (Å²) in [6.07, 6.45) is 34.5. The number of carbonyl (C=O) groups excluding carboxylic acids is 5. The Morgan fingerprint density at radius 2 is 0.608 bits per heavy atom. The molecule has 17 nitrogen and oxygen atoms in total. The highest BCUT2D eigenvalue weighted by molar-refractivity contribution is 5.86. The molecule has 0 aliphatic heterocycles. The molecule has 0 heterocycles. The summed E-state index contributed by atoms with van der Waals surface area (Å²) < 4.78 is 44.2. The van der Waals surface area contributed by atoms with Gasteiger partial charge in [-0.1, -0.05) is 155 Å². The van der Waals surface area contributed by atoms with Gasteiger partial charge in [-0.25, -0.2) is 0 Å². The number of unbranched alkanes of at least 4 members (excludes halogenated alkanes) is 22. The summed E-state index contributed by atoms with van der Waals surface area (Å²) in [5.74, 6) is -0.223. The Hall–Kier alpha value is -2.77. The van der Waals surface area contributed by atoms with Crippen LogP contribution in [0, 0.1) is 5.92 Å². The molecule has 0 bridgehead atoms. The summed E-state index contributed by atoms with van der Waals surface area (Å²) >= 11 is 0. The number of amides is 4. The van der Waals surface area contributed by atoms with Gasteiger partial charge in [0, 0.05) is 77.4 Å². The highest BCUT2D eigenvalue weighted by Crippen LogP contribution is 2.18. The lowest BCUT2D eigenvalue weighted by molar-refractivity contribution is -0.129. The van der Waals surface area contributed by atoms with Crippen LogP contribution in [-0.2, 0) is 61.9 Å². The third-order valence-electron chi connectivity index (χ3n) is 13.6. The second-order valence-corrected chi connectivity index (χ2v) is 20.9. The quantitative estimate of drug-likeness (QED) is 0.0419. The molecule has 0 aromatic carbocycles. The van der Waals surface area contributed by atoms with Crippen molar-refractivity contribution in [1.29, 1.82) is 0 Å². The highest BCUT2D eigenvalue weighted by atomic mass is 16.6. The monoisotopic (exact) mass is 1130 g/mol. The van der Waals surface area contributed by atoms with Crippen molar-refractivity contribution in [2.75, 3.05) is 132 Å². The van der Waals surface area contributed by atoms with E-state index in [4.69, 9.17) is 37.9 Å². The van der Waals surface area contributed by atoms with Gasteiger partial charge in [-0.05, 0) is 45.4 Å². The van der Waals surface area contributed by atoms with Gasteiger partial charge >= 0.3 is 0 Å². The smallest absolute Gasteiger partial charge is 0.223 e. The highest BCUT2D eigenvalue weighted by Gasteiger charge is 2.21. The van der Waals surface area contributed by atoms with E-state index in [-0.39, 0.29) is 48.2 Å². The minimum Gasteiger partial charge on any atom is -0.379 e. The lowest BCUT2D eigenvalue weighted by atomic mass is 9.93. The number of Topliss-reactive ketones (excluding diaryl/α,β-unsaturated/α-hetero) is 1. The average molecular weight is 1130 g/mol. The standard InChI is InChI=1S/C62H120N4O13/c1-4-7-9-11-13-15-17-19-21-23-25-27-34-59(68)64-37-29-28-32-57(56-58(67)33-26-24-22-20-18-16-14-12-10-8-5-2)62(71)66-39-31-41-73-45-49-76-48-44-72-40-30-38-65-61(70)36-43-75-47-51-78-53-55-79-54-52-77-50-46-74-42-35-60(69)63-6-3/h57H,4-56H2,1-3H3,(H,63,69)(H,64,68)(H,65,70)(H,66,71)/t57-/m0/s1. The summed E-state index contributed by atoms with van der Waals surface area (Å²) in [6, 6.07) is 0. The minimum atomic E-state index is -0.357. The van der Waals surface area contributed by atoms with E-state index in [9.17, 15) is 24.0 Å². The molecule has 0 spiro atoms. The first-order valence-corrected chi connectivity index (χ1v) is 32.0. The van der Waals surface area contributed by atoms with Crippen LogP contribution < -0.4 is 21.3 Å². The Kier molecular flexibility index (Phi) is 62.1. The van der Waals surface area contributed by atoms with Crippen LogP contribution in [0.15, 0.2) is 0 Å². The Balaban J connectivity index is 4.03. The second-order valence-electron chi connectivity index (χ2n) is 20.9. The topological polar surface area (TPSA) is 207 Å². The Labute approximate surface area is 481 Å². The molecule has 0 unspecified atom stereocenters. The van der Waals surface area contributed by atoms with E-state index in [1.165, 1.54) is 122 Å². The Bertz CT molecular complexity index is 1350. The number of carbonyl (C=O) groups is 5. The van der Waals surface area contributed by atoms with Gasteiger partial charge in [-0.2, -0.15) is 0 Å². The lowest BCUT2D eigenvalue weighted by Gasteiger charge is -2.17. The van der Waals surface area contributed by atoms with Gasteiger partial charge in [-0.15, -0.1) is 0 Å². The summed E-state index contributed by atoms with van der Waals surface area (Å²) in [4.78, 5) is 62.4. The molecule has 0 aliphatic rings. The third kappa shape index (κ3) is 61.1. The van der Waals surface area contributed by atoms with Crippen molar-refractivity contribution in [3.63, 3.8) is 0 Å². The number of nitrogens with one attached hydrogen (secondary N) is 4. The van der Waals surface area contributed by atoms with Crippen LogP contribution in [0.3, 0.4) is 0 Å². The first-order chi connectivity index (χ1) is 38.8. The first-order valence-electron chi connectivity index (χ1n) is 32.0. The van der Waals surface area contributed by atoms with Crippen molar-refractivity contribution in [3.05, 3.63) is 0 Å². The van der Waals surface area contributed by atoms with Crippen molar-refractivity contribution in [2.45, 2.75) is 233 Å². The molecule has 0 saturated heterocycles. The predicted molar refractivity (Wildman–Crippen MR) is 316 cm³/mol. The predicted octanol–water partition coefficient (Wildman–Crippen LogP) is 10.7. The fraction of sp³-hybridized carbons (Fsp3) is 0.919. The SMILES string of the molecule is CCCCCCCCCCCCCCC(=O)NCCCC[C@@H](CC(=O)CCCCCCCCCCCCC)C(=O)NCCCOCCOCCOCCCNC(=O)CCOCCOCCOCCOCCOCCC(=O)NCC. The molecule has 79 heavy (non-hydrogen) atoms. The molecule has 1 atom stereocenters. The van der Waals surface area contributed by atoms with Crippen molar-refractivity contribution >= 4 is 29.4 Å². The maximum absolute atomic E-state index is 13.4. The number of hydrogen-bond donors (Lipinski definition) is 4. The minimum absolute atomic E-state index is 0.0142. The van der Waals surface area contributed by atoms with E-state index in [0.29, 0.717) is 170 Å². The van der Waals surface area contributed by atoms with Crippen molar-refractivity contribution in [2.24, 2.45) is 5.92 Å². The average Bonchev–Trinajstić information content (AvgIpc) is 3.44. The fourth-order valence-electron chi connectivity index (χ4n) is 8.81. The maximum Gasteiger partial charge on any atom is 0.223 e. The van der Waals surface area contributed by atoms with E-state index >= 15 is 0 Å². The second kappa shape index (κ2) is 64.4. The van der Waals surface area contributed by atoms with E-state index in [2.05, 4.69) is 35.1 Å². The number of rotatable bonds is 66. The van der Waals surface area contributed by atoms with E-state index < -0.39 is 0 Å². The van der Waals surface area contributed by atoms with Gasteiger partial charge in [0.05, 0.1) is 92.5 Å². The molecule has 0 aromatic rings. The van der Waals surface area contributed by atoms with Crippen LogP contribution in [0.4, 0.5) is 0 Å². The van der Waals surface area contributed by atoms with Gasteiger partial charge in [0.15, 0.2) is 0 Å². The van der Waals surface area contributed by atoms with Crippen molar-refractivity contribution < 1.29 is 61.9 Å². The van der Waals surface area contributed by atoms with Crippen molar-refractivity contribution in [1.82, 2.24) is 21.3 Å². The fourth-order valence-corrected chi connectivity index (χ4v) is 8.81. The molecule has 0 saturated carbocycles. The summed E-state index contributed by atoms with van der Waals surface area (Å²) in [5, 5.41) is 11.7. The zero-order chi connectivity index (χ0) is 57.4. The Morgan fingerprint density at radius 1 is 0.291 bits per heavy atom. The molecule has 4 amide bonds. The lowest BCUT2D eigenvalue weighted by Crippen LogP contribution is -2.33. The summed E-state index contributed by atoms with van der Waals surface area (Å²) in [5.41, 5.74) is 0. The zero-order valence-corrected chi connectivity index (χ0v) is 50.9. The molecule has 4 N–H and O–H groups in total. The van der Waals surface area contributed by atoms with Gasteiger partial charge in [-0.3, -0.25) is 24.0 Å². The maximum atomic E-state index is 13.4. The summed E-state index contributed by atoms with van der Waals surface area (Å²) in [6.45, 7) is 15.6. The third-order valence-corrected chi connectivity index (χ3v) is 13.6. The molecule has 0 aromatic heterocycles.